The van der Waals surface area contributed by atoms with E-state index in [9.17, 15) is 4.79 Å². The van der Waals surface area contributed by atoms with E-state index < -0.39 is 5.91 Å². The Kier molecular flexibility index (Phi) is 2.29. The number of para-hydroxylation sites is 1. The first-order valence-corrected chi connectivity index (χ1v) is 4.73. The van der Waals surface area contributed by atoms with Gasteiger partial charge in [0.25, 0.3) is 5.91 Å². The highest BCUT2D eigenvalue weighted by Gasteiger charge is 2.10. The van der Waals surface area contributed by atoms with Crippen LogP contribution in [0.1, 0.15) is 10.5 Å². The number of rotatable bonds is 3. The van der Waals surface area contributed by atoms with Crippen LogP contribution in [-0.2, 0) is 6.54 Å². The Bertz CT molecular complexity index is 525. The molecule has 2 aromatic rings. The first-order valence-electron chi connectivity index (χ1n) is 4.73. The molecule has 0 radical (unpaired) electrons. The van der Waals surface area contributed by atoms with Crippen LogP contribution in [0.3, 0.4) is 0 Å². The lowest BCUT2D eigenvalue weighted by Crippen LogP contribution is -2.16. The summed E-state index contributed by atoms with van der Waals surface area (Å²) < 4.78 is 1.87. The number of nitrogens with two attached hydrogens (primary N) is 1. The number of hydrogen-bond acceptors (Lipinski definition) is 1. The Morgan fingerprint density at radius 2 is 2.20 bits per heavy atom. The maximum atomic E-state index is 11.2. The van der Waals surface area contributed by atoms with Crippen molar-refractivity contribution in [1.29, 1.82) is 0 Å². The Balaban J connectivity index is 2.73. The minimum absolute atomic E-state index is 0.409. The van der Waals surface area contributed by atoms with E-state index >= 15 is 0 Å². The number of fused-ring (bicyclic) bond motifs is 1. The van der Waals surface area contributed by atoms with Gasteiger partial charge in [-0.25, -0.2) is 0 Å². The smallest absolute Gasteiger partial charge is 0.265 e. The molecule has 76 valence electrons. The van der Waals surface area contributed by atoms with E-state index in [1.165, 1.54) is 0 Å². The van der Waals surface area contributed by atoms with Crippen LogP contribution in [0.2, 0.25) is 0 Å². The van der Waals surface area contributed by atoms with Crippen molar-refractivity contribution in [3.8, 4) is 0 Å². The fourth-order valence-electron chi connectivity index (χ4n) is 1.74. The zero-order valence-corrected chi connectivity index (χ0v) is 8.31. The second-order valence-corrected chi connectivity index (χ2v) is 3.35. The third-order valence-electron chi connectivity index (χ3n) is 2.37. The third kappa shape index (κ3) is 1.52. The molecule has 0 aliphatic rings. The summed E-state index contributed by atoms with van der Waals surface area (Å²) in [4.78, 5) is 11.2. The molecular formula is C12H12N2O. The van der Waals surface area contributed by atoms with E-state index in [1.807, 2.05) is 28.8 Å². The van der Waals surface area contributed by atoms with Crippen molar-refractivity contribution >= 4 is 16.8 Å². The van der Waals surface area contributed by atoms with Crippen LogP contribution in [-0.4, -0.2) is 10.5 Å². The number of amides is 1. The number of benzene rings is 1. The van der Waals surface area contributed by atoms with Gasteiger partial charge in [0.1, 0.15) is 5.69 Å². The van der Waals surface area contributed by atoms with E-state index in [-0.39, 0.29) is 0 Å². The van der Waals surface area contributed by atoms with E-state index in [0.717, 1.165) is 10.9 Å². The average Bonchev–Trinajstić information content (AvgIpc) is 2.58. The van der Waals surface area contributed by atoms with Gasteiger partial charge in [-0.05, 0) is 12.1 Å². The van der Waals surface area contributed by atoms with Gasteiger partial charge in [-0.1, -0.05) is 24.3 Å². The average molecular weight is 200 g/mol. The van der Waals surface area contributed by atoms with Crippen molar-refractivity contribution in [2.75, 3.05) is 0 Å². The highest BCUT2D eigenvalue weighted by molar-refractivity contribution is 5.97. The van der Waals surface area contributed by atoms with Crippen LogP contribution >= 0.6 is 0 Å². The van der Waals surface area contributed by atoms with Crippen molar-refractivity contribution < 1.29 is 4.79 Å². The molecule has 2 N–H and O–H groups in total. The lowest BCUT2D eigenvalue weighted by atomic mass is 10.2. The summed E-state index contributed by atoms with van der Waals surface area (Å²) in [5.74, 6) is -0.409. The zero-order valence-electron chi connectivity index (χ0n) is 8.31. The largest absolute Gasteiger partial charge is 0.364 e. The molecule has 0 aliphatic carbocycles. The molecule has 15 heavy (non-hydrogen) atoms. The molecule has 0 aliphatic heterocycles. The van der Waals surface area contributed by atoms with Crippen LogP contribution in [0.5, 0.6) is 0 Å². The molecule has 3 nitrogen and oxygen atoms in total. The minimum Gasteiger partial charge on any atom is -0.364 e. The van der Waals surface area contributed by atoms with E-state index in [0.29, 0.717) is 12.2 Å². The molecule has 0 spiro atoms. The Morgan fingerprint density at radius 3 is 2.87 bits per heavy atom. The number of aromatic nitrogens is 1. The van der Waals surface area contributed by atoms with Gasteiger partial charge < -0.3 is 10.3 Å². The van der Waals surface area contributed by atoms with E-state index in [1.54, 1.807) is 12.1 Å². The van der Waals surface area contributed by atoms with Crippen molar-refractivity contribution in [1.82, 2.24) is 4.57 Å². The maximum Gasteiger partial charge on any atom is 0.265 e. The van der Waals surface area contributed by atoms with Gasteiger partial charge in [0, 0.05) is 17.4 Å². The van der Waals surface area contributed by atoms with Gasteiger partial charge in [0.15, 0.2) is 0 Å². The molecule has 0 bridgehead atoms. The molecule has 1 aromatic heterocycles. The maximum absolute atomic E-state index is 11.2. The first-order chi connectivity index (χ1) is 7.24. The van der Waals surface area contributed by atoms with Crippen molar-refractivity contribution in [3.05, 3.63) is 48.7 Å². The van der Waals surface area contributed by atoms with Crippen LogP contribution < -0.4 is 5.73 Å². The van der Waals surface area contributed by atoms with Gasteiger partial charge in [-0.15, -0.1) is 6.58 Å². The number of hydrogen-bond donors (Lipinski definition) is 1. The van der Waals surface area contributed by atoms with Gasteiger partial charge >= 0.3 is 0 Å². The third-order valence-corrected chi connectivity index (χ3v) is 2.37. The molecule has 0 fully saturated rings. The quantitative estimate of drug-likeness (QED) is 0.756. The first kappa shape index (κ1) is 9.52. The standard InChI is InChI=1S/C12H12N2O/c1-2-7-14-10-6-4-3-5-9(10)8-11(14)12(13)15/h2-6,8H,1,7H2,(H2,13,15). The Labute approximate surface area is 87.8 Å². The molecule has 0 atom stereocenters. The normalized spacial score (nSPS) is 10.4. The molecule has 1 heterocycles. The van der Waals surface area contributed by atoms with Crippen LogP contribution in [0.25, 0.3) is 10.9 Å². The molecule has 0 saturated heterocycles. The highest BCUT2D eigenvalue weighted by atomic mass is 16.1. The molecular weight excluding hydrogens is 188 g/mol. The fraction of sp³-hybridized carbons (Fsp3) is 0.0833. The van der Waals surface area contributed by atoms with Crippen LogP contribution in [0.15, 0.2) is 43.0 Å². The summed E-state index contributed by atoms with van der Waals surface area (Å²) in [5, 5.41) is 1.02. The lowest BCUT2D eigenvalue weighted by Gasteiger charge is -2.04. The molecule has 3 heteroatoms. The van der Waals surface area contributed by atoms with Crippen molar-refractivity contribution in [3.63, 3.8) is 0 Å². The number of carbonyl (C=O) groups excluding carboxylic acids is 1. The molecule has 1 aromatic carbocycles. The van der Waals surface area contributed by atoms with Crippen molar-refractivity contribution in [2.24, 2.45) is 5.73 Å². The predicted molar refractivity (Wildman–Crippen MR) is 60.7 cm³/mol. The summed E-state index contributed by atoms with van der Waals surface area (Å²) in [5.41, 5.74) is 6.84. The molecule has 2 rings (SSSR count). The van der Waals surface area contributed by atoms with Gasteiger partial charge in [0.2, 0.25) is 0 Å². The van der Waals surface area contributed by atoms with E-state index in [4.69, 9.17) is 5.73 Å². The van der Waals surface area contributed by atoms with Crippen molar-refractivity contribution in [2.45, 2.75) is 6.54 Å². The Hall–Kier alpha value is -2.03. The number of nitrogens with zero attached hydrogens (tertiary/aromatic N) is 1. The van der Waals surface area contributed by atoms with Crippen LogP contribution in [0.4, 0.5) is 0 Å². The second kappa shape index (κ2) is 3.61. The zero-order chi connectivity index (χ0) is 10.8. The Morgan fingerprint density at radius 1 is 1.47 bits per heavy atom. The monoisotopic (exact) mass is 200 g/mol. The minimum atomic E-state index is -0.409. The number of primary amides is 1. The summed E-state index contributed by atoms with van der Waals surface area (Å²) in [6.45, 7) is 4.26. The SMILES string of the molecule is C=CCn1c(C(N)=O)cc2ccccc21. The predicted octanol–water partition coefficient (Wildman–Crippen LogP) is 1.93. The lowest BCUT2D eigenvalue weighted by molar-refractivity contribution is 0.0992. The van der Waals surface area contributed by atoms with Crippen LogP contribution in [0, 0.1) is 0 Å². The summed E-state index contributed by atoms with van der Waals surface area (Å²) in [7, 11) is 0. The molecule has 0 unspecified atom stereocenters. The molecule has 0 saturated carbocycles. The van der Waals surface area contributed by atoms with Gasteiger partial charge in [0.05, 0.1) is 0 Å². The molecule has 1 amide bonds. The second-order valence-electron chi connectivity index (χ2n) is 3.35. The fourth-order valence-corrected chi connectivity index (χ4v) is 1.74. The topological polar surface area (TPSA) is 48.0 Å². The summed E-state index contributed by atoms with van der Waals surface area (Å²) in [6, 6.07) is 9.60. The number of allylic oxidation sites excluding steroid dienone is 1. The summed E-state index contributed by atoms with van der Waals surface area (Å²) in [6.07, 6.45) is 1.75. The highest BCUT2D eigenvalue weighted by Crippen LogP contribution is 2.19. The summed E-state index contributed by atoms with van der Waals surface area (Å²) >= 11 is 0. The number of carbonyl (C=O) groups is 1. The van der Waals surface area contributed by atoms with Gasteiger partial charge in [-0.3, -0.25) is 4.79 Å². The van der Waals surface area contributed by atoms with E-state index in [2.05, 4.69) is 6.58 Å². The van der Waals surface area contributed by atoms with Gasteiger partial charge in [-0.2, -0.15) is 0 Å².